The van der Waals surface area contributed by atoms with E-state index in [9.17, 15) is 8.42 Å². The molecule has 2 aromatic carbocycles. The first-order valence-corrected chi connectivity index (χ1v) is 16.5. The molecule has 1 heterocycles. The standard InChI is InChI=1S/C32H42N3O3S.CH2.2ClH.Ru/c1-18(2)38-27-12-11-25(39(36,37)35(9)10)17-26(27)32-33-30(28-21(5)13-19(3)14-22(28)6)31(34-32)29-23(7)15-20(4)16-24(29)8;;;;/h11,13-16,18,30-31,33-34H,17H2,1-10H3;1H2;2*1H;/q-1;;;;+1. The zero-order valence-electron chi connectivity index (χ0n) is 26.8. The van der Waals surface area contributed by atoms with Crippen LogP contribution in [0, 0.1) is 47.6 Å². The molecule has 1 fully saturated rings. The van der Waals surface area contributed by atoms with Crippen LogP contribution >= 0.6 is 24.8 Å². The Kier molecular flexibility index (Phi) is 14.4. The number of rotatable bonds is 6. The van der Waals surface area contributed by atoms with Crippen LogP contribution in [0.4, 0.5) is 0 Å². The molecule has 0 amide bonds. The first-order valence-electron chi connectivity index (χ1n) is 13.8. The molecule has 10 heteroatoms. The van der Waals surface area contributed by atoms with Crippen LogP contribution in [0.5, 0.6) is 0 Å². The third-order valence-corrected chi connectivity index (χ3v) is 9.37. The van der Waals surface area contributed by atoms with E-state index < -0.39 is 10.0 Å². The first kappa shape index (κ1) is 39.1. The predicted molar refractivity (Wildman–Crippen MR) is 180 cm³/mol. The van der Waals surface area contributed by atoms with Crippen LogP contribution in [0.3, 0.4) is 0 Å². The number of nitrogens with zero attached hydrogens (tertiary/aromatic N) is 1. The molecule has 0 radical (unpaired) electrons. The van der Waals surface area contributed by atoms with Gasteiger partial charge in [-0.05, 0) is 93.7 Å². The van der Waals surface area contributed by atoms with E-state index in [1.54, 1.807) is 20.2 Å². The molecule has 1 aliphatic heterocycles. The van der Waals surface area contributed by atoms with E-state index in [4.69, 9.17) is 4.74 Å². The van der Waals surface area contributed by atoms with Crippen LogP contribution in [0.2, 0.25) is 0 Å². The maximum absolute atomic E-state index is 13.1. The van der Waals surface area contributed by atoms with E-state index in [0.29, 0.717) is 10.7 Å². The summed E-state index contributed by atoms with van der Waals surface area (Å²) in [6.45, 7) is 16.8. The van der Waals surface area contributed by atoms with Crippen molar-refractivity contribution in [2.75, 3.05) is 14.1 Å². The Morgan fingerprint density at radius 2 is 1.26 bits per heavy atom. The zero-order valence-corrected chi connectivity index (χ0v) is 31.0. The van der Waals surface area contributed by atoms with Crippen molar-refractivity contribution in [2.45, 2.75) is 80.0 Å². The van der Waals surface area contributed by atoms with Gasteiger partial charge in [0.25, 0.3) is 0 Å². The molecule has 0 spiro atoms. The molecule has 0 saturated carbocycles. The van der Waals surface area contributed by atoms with E-state index in [0.717, 1.165) is 11.4 Å². The van der Waals surface area contributed by atoms with Gasteiger partial charge in [-0.3, -0.25) is 0 Å². The van der Waals surface area contributed by atoms with E-state index in [-0.39, 0.29) is 49.4 Å². The Balaban J connectivity index is 0.00000226. The SMILES string of the molecule is Cc1cc(C)c(C2NC(=C3CC(S(=O)(=O)N(C)C)=C[C-]=C3OC(C)C)NC2c2c(C)cc(C)cc2C)c(C)c1.Cl.Cl.[CH2]=[Ru+]. The van der Waals surface area contributed by atoms with Gasteiger partial charge in [0, 0.05) is 25.7 Å². The number of allylic oxidation sites excluding steroid dienone is 4. The first-order chi connectivity index (χ1) is 19.2. The molecule has 239 valence electrons. The summed E-state index contributed by atoms with van der Waals surface area (Å²) in [5.74, 6) is 1.35. The van der Waals surface area contributed by atoms with Crippen molar-refractivity contribution in [3.05, 3.63) is 103 Å². The quantitative estimate of drug-likeness (QED) is 0.252. The second-order valence-electron chi connectivity index (χ2n) is 11.4. The van der Waals surface area contributed by atoms with Crippen LogP contribution in [0.15, 0.2) is 52.4 Å². The molecule has 1 saturated heterocycles. The number of ether oxygens (including phenoxy) is 1. The summed E-state index contributed by atoms with van der Waals surface area (Å²) < 4.78 is 33.6. The summed E-state index contributed by atoms with van der Waals surface area (Å²) >= 11 is 2.10. The van der Waals surface area contributed by atoms with Crippen LogP contribution in [-0.4, -0.2) is 38.0 Å². The van der Waals surface area contributed by atoms with Gasteiger partial charge in [-0.2, -0.15) is 6.08 Å². The summed E-state index contributed by atoms with van der Waals surface area (Å²) in [4.78, 5) is 0.292. The molecule has 2 atom stereocenters. The van der Waals surface area contributed by atoms with Crippen molar-refractivity contribution in [3.8, 4) is 0 Å². The number of hydrogen-bond acceptors (Lipinski definition) is 5. The number of hydrogen-bond donors (Lipinski definition) is 2. The molecule has 2 unspecified atom stereocenters. The van der Waals surface area contributed by atoms with E-state index >= 15 is 0 Å². The molecule has 0 bridgehead atoms. The molecule has 2 aromatic rings. The average molecular weight is 737 g/mol. The van der Waals surface area contributed by atoms with E-state index in [1.165, 1.54) is 48.8 Å². The van der Waals surface area contributed by atoms with Crippen molar-refractivity contribution < 1.29 is 31.0 Å². The normalized spacial score (nSPS) is 18.0. The van der Waals surface area contributed by atoms with Crippen molar-refractivity contribution in [1.29, 1.82) is 0 Å². The van der Waals surface area contributed by atoms with Gasteiger partial charge in [0.1, 0.15) is 0 Å². The van der Waals surface area contributed by atoms with Crippen molar-refractivity contribution >= 4 is 39.9 Å². The van der Waals surface area contributed by atoms with E-state index in [2.05, 4.69) is 105 Å². The summed E-state index contributed by atoms with van der Waals surface area (Å²) in [6, 6.07) is 8.79. The predicted octanol–water partition coefficient (Wildman–Crippen LogP) is 6.82. The van der Waals surface area contributed by atoms with Crippen LogP contribution in [0.1, 0.15) is 76.9 Å². The Morgan fingerprint density at radius 1 is 0.860 bits per heavy atom. The number of benzene rings is 2. The van der Waals surface area contributed by atoms with Crippen molar-refractivity contribution in [3.63, 3.8) is 0 Å². The monoisotopic (exact) mass is 736 g/mol. The van der Waals surface area contributed by atoms with Crippen molar-refractivity contribution in [1.82, 2.24) is 14.9 Å². The Morgan fingerprint density at radius 3 is 1.60 bits per heavy atom. The van der Waals surface area contributed by atoms with Gasteiger partial charge in [-0.1, -0.05) is 47.4 Å². The topological polar surface area (TPSA) is 70.7 Å². The number of aryl methyl sites for hydroxylation is 6. The van der Waals surface area contributed by atoms with Gasteiger partial charge in [0.05, 0.1) is 18.2 Å². The zero-order chi connectivity index (χ0) is 30.8. The fourth-order valence-electron chi connectivity index (χ4n) is 6.02. The molecular weight excluding hydrogens is 690 g/mol. The van der Waals surface area contributed by atoms with Gasteiger partial charge in [0.15, 0.2) is 10.0 Å². The third kappa shape index (κ3) is 8.40. The van der Waals surface area contributed by atoms with Gasteiger partial charge < -0.3 is 15.4 Å². The second kappa shape index (κ2) is 15.9. The molecule has 6 nitrogen and oxygen atoms in total. The number of nitrogens with one attached hydrogen (secondary N) is 2. The minimum atomic E-state index is -3.61. The Labute approximate surface area is 281 Å². The summed E-state index contributed by atoms with van der Waals surface area (Å²) in [5.41, 5.74) is 10.6. The van der Waals surface area contributed by atoms with Crippen LogP contribution < -0.4 is 10.6 Å². The van der Waals surface area contributed by atoms with Gasteiger partial charge in [0.2, 0.25) is 0 Å². The number of halogens is 2. The third-order valence-electron chi connectivity index (χ3n) is 7.49. The second-order valence-corrected chi connectivity index (χ2v) is 13.6. The van der Waals surface area contributed by atoms with Gasteiger partial charge in [-0.25, -0.2) is 12.7 Å². The summed E-state index contributed by atoms with van der Waals surface area (Å²) in [6.07, 6.45) is 4.82. The van der Waals surface area contributed by atoms with E-state index in [1.807, 2.05) is 13.8 Å². The minimum absolute atomic E-state index is 0. The average Bonchev–Trinajstić information content (AvgIpc) is 3.27. The molecule has 4 rings (SSSR count). The fourth-order valence-corrected chi connectivity index (χ4v) is 7.02. The molecule has 43 heavy (non-hydrogen) atoms. The van der Waals surface area contributed by atoms with Gasteiger partial charge >= 0.3 is 23.0 Å². The molecule has 1 aliphatic carbocycles. The summed E-state index contributed by atoms with van der Waals surface area (Å²) in [7, 11) is -0.504. The Bertz CT molecular complexity index is 1420. The van der Waals surface area contributed by atoms with Gasteiger partial charge in [-0.15, -0.1) is 30.9 Å². The molecular formula is C33H46Cl2N3O3RuS. The number of sulfonamides is 1. The fraction of sp³-hybridized carbons (Fsp3) is 0.424. The molecule has 0 aromatic heterocycles. The maximum atomic E-state index is 13.1. The van der Waals surface area contributed by atoms with Crippen molar-refractivity contribution in [2.24, 2.45) is 0 Å². The summed E-state index contributed by atoms with van der Waals surface area (Å²) in [5, 5.41) is 10.8. The van der Waals surface area contributed by atoms with Crippen LogP contribution in [-0.2, 0) is 32.6 Å². The Hall–Kier alpha value is -1.96. The molecule has 2 aliphatic rings. The molecule has 2 N–H and O–H groups in total. The van der Waals surface area contributed by atoms with Crippen LogP contribution in [0.25, 0.3) is 0 Å².